The Bertz CT molecular complexity index is 296. The smallest absolute Gasteiger partial charge is 0.0477 e. The zero-order chi connectivity index (χ0) is 12.0. The first-order valence-electron chi connectivity index (χ1n) is 5.90. The monoisotopic (exact) mass is 241 g/mol. The molecule has 0 aliphatic heterocycles. The van der Waals surface area contributed by atoms with Crippen LogP contribution in [-0.4, -0.2) is 19.8 Å². The number of methoxy groups -OCH3 is 1. The molecule has 0 saturated heterocycles. The lowest BCUT2D eigenvalue weighted by Crippen LogP contribution is -2.34. The molecule has 0 fully saturated rings. The maximum atomic E-state index is 5.15. The van der Waals surface area contributed by atoms with Crippen molar-refractivity contribution in [1.29, 1.82) is 0 Å². The Labute approximate surface area is 103 Å². The van der Waals surface area contributed by atoms with Gasteiger partial charge in [-0.3, -0.25) is 0 Å². The summed E-state index contributed by atoms with van der Waals surface area (Å²) in [4.78, 5) is 1.45. The predicted octanol–water partition coefficient (Wildman–Crippen LogP) is 3.21. The zero-order valence-electron chi connectivity index (χ0n) is 10.7. The fourth-order valence-electron chi connectivity index (χ4n) is 1.72. The van der Waals surface area contributed by atoms with Crippen LogP contribution in [0.4, 0.5) is 0 Å². The molecule has 1 aromatic rings. The molecule has 3 heteroatoms. The van der Waals surface area contributed by atoms with Crippen LogP contribution in [0.5, 0.6) is 0 Å². The molecule has 2 nitrogen and oxygen atoms in total. The second-order valence-corrected chi connectivity index (χ2v) is 5.54. The van der Waals surface area contributed by atoms with Crippen molar-refractivity contribution in [3.63, 3.8) is 0 Å². The van der Waals surface area contributed by atoms with Gasteiger partial charge in [-0.1, -0.05) is 13.8 Å². The fourth-order valence-corrected chi connectivity index (χ4v) is 2.58. The molecule has 1 atom stereocenters. The van der Waals surface area contributed by atoms with E-state index in [1.807, 2.05) is 11.3 Å². The van der Waals surface area contributed by atoms with Gasteiger partial charge in [-0.05, 0) is 36.3 Å². The summed E-state index contributed by atoms with van der Waals surface area (Å²) < 4.78 is 5.15. The molecule has 0 aliphatic rings. The third kappa shape index (κ3) is 4.24. The van der Waals surface area contributed by atoms with Gasteiger partial charge in [-0.15, -0.1) is 11.3 Å². The van der Waals surface area contributed by atoms with E-state index in [1.165, 1.54) is 10.4 Å². The van der Waals surface area contributed by atoms with Crippen LogP contribution in [0.15, 0.2) is 11.4 Å². The van der Waals surface area contributed by atoms with Gasteiger partial charge in [0.25, 0.3) is 0 Å². The van der Waals surface area contributed by atoms with E-state index in [2.05, 4.69) is 37.5 Å². The first kappa shape index (κ1) is 13.7. The van der Waals surface area contributed by atoms with Gasteiger partial charge >= 0.3 is 0 Å². The fraction of sp³-hybridized carbons (Fsp3) is 0.692. The average Bonchev–Trinajstić information content (AvgIpc) is 2.64. The van der Waals surface area contributed by atoms with Crippen molar-refractivity contribution in [2.24, 2.45) is 5.92 Å². The molecule has 1 N–H and O–H groups in total. The first-order chi connectivity index (χ1) is 7.65. The van der Waals surface area contributed by atoms with Crippen LogP contribution in [0, 0.1) is 12.8 Å². The Morgan fingerprint density at radius 3 is 2.69 bits per heavy atom. The number of ether oxygens (including phenoxy) is 1. The summed E-state index contributed by atoms with van der Waals surface area (Å²) in [6.45, 7) is 8.51. The maximum Gasteiger partial charge on any atom is 0.0477 e. The molecule has 0 bridgehead atoms. The molecule has 0 spiro atoms. The van der Waals surface area contributed by atoms with Gasteiger partial charge in [0.2, 0.25) is 0 Å². The number of hydrogen-bond acceptors (Lipinski definition) is 3. The Morgan fingerprint density at radius 1 is 1.44 bits per heavy atom. The molecular formula is C13H23NOS. The van der Waals surface area contributed by atoms with Crippen molar-refractivity contribution in [3.8, 4) is 0 Å². The molecule has 1 aromatic heterocycles. The summed E-state index contributed by atoms with van der Waals surface area (Å²) in [6.07, 6.45) is 1.08. The van der Waals surface area contributed by atoms with E-state index in [0.717, 1.165) is 19.6 Å². The van der Waals surface area contributed by atoms with Gasteiger partial charge in [0, 0.05) is 31.2 Å². The van der Waals surface area contributed by atoms with Crippen molar-refractivity contribution in [3.05, 3.63) is 21.9 Å². The first-order valence-corrected chi connectivity index (χ1v) is 6.78. The summed E-state index contributed by atoms with van der Waals surface area (Å²) in [5.41, 5.74) is 1.40. The third-order valence-electron chi connectivity index (χ3n) is 2.93. The van der Waals surface area contributed by atoms with Gasteiger partial charge in [0.05, 0.1) is 0 Å². The largest absolute Gasteiger partial charge is 0.385 e. The lowest BCUT2D eigenvalue weighted by atomic mass is 10.0. The van der Waals surface area contributed by atoms with E-state index in [0.29, 0.717) is 12.0 Å². The molecule has 0 amide bonds. The van der Waals surface area contributed by atoms with Gasteiger partial charge < -0.3 is 10.1 Å². The Balaban J connectivity index is 2.40. The summed E-state index contributed by atoms with van der Waals surface area (Å²) in [7, 11) is 1.76. The number of aryl methyl sites for hydroxylation is 1. The van der Waals surface area contributed by atoms with Crippen LogP contribution in [0.3, 0.4) is 0 Å². The van der Waals surface area contributed by atoms with Gasteiger partial charge in [0.15, 0.2) is 0 Å². The Kier molecular flexibility index (Phi) is 6.03. The number of nitrogens with one attached hydrogen (secondary N) is 1. The van der Waals surface area contributed by atoms with E-state index in [-0.39, 0.29) is 0 Å². The molecule has 0 saturated carbocycles. The lowest BCUT2D eigenvalue weighted by molar-refractivity contribution is 0.173. The second-order valence-electron chi connectivity index (χ2n) is 4.54. The second kappa shape index (κ2) is 7.05. The predicted molar refractivity (Wildman–Crippen MR) is 71.0 cm³/mol. The number of rotatable bonds is 7. The minimum Gasteiger partial charge on any atom is -0.385 e. The van der Waals surface area contributed by atoms with Crippen LogP contribution in [0.1, 0.15) is 30.7 Å². The van der Waals surface area contributed by atoms with E-state index >= 15 is 0 Å². The molecule has 0 radical (unpaired) electrons. The summed E-state index contributed by atoms with van der Waals surface area (Å²) >= 11 is 1.83. The number of thiophene rings is 1. The van der Waals surface area contributed by atoms with E-state index in [4.69, 9.17) is 4.74 Å². The van der Waals surface area contributed by atoms with Crippen LogP contribution >= 0.6 is 11.3 Å². The Hall–Kier alpha value is -0.380. The van der Waals surface area contributed by atoms with Crippen molar-refractivity contribution in [2.75, 3.05) is 13.7 Å². The van der Waals surface area contributed by atoms with Gasteiger partial charge in [-0.25, -0.2) is 0 Å². The molecule has 1 rings (SSSR count). The molecule has 16 heavy (non-hydrogen) atoms. The van der Waals surface area contributed by atoms with E-state index in [1.54, 1.807) is 7.11 Å². The van der Waals surface area contributed by atoms with Crippen molar-refractivity contribution >= 4 is 11.3 Å². The highest BCUT2D eigenvalue weighted by molar-refractivity contribution is 7.10. The van der Waals surface area contributed by atoms with Crippen LogP contribution in [0.2, 0.25) is 0 Å². The summed E-state index contributed by atoms with van der Waals surface area (Å²) in [5.74, 6) is 0.649. The molecule has 1 heterocycles. The highest BCUT2D eigenvalue weighted by Crippen LogP contribution is 2.16. The summed E-state index contributed by atoms with van der Waals surface area (Å²) in [6, 6.07) is 2.72. The maximum absolute atomic E-state index is 5.15. The number of hydrogen-bond donors (Lipinski definition) is 1. The minimum absolute atomic E-state index is 0.543. The van der Waals surface area contributed by atoms with E-state index in [9.17, 15) is 0 Å². The summed E-state index contributed by atoms with van der Waals surface area (Å²) in [5, 5.41) is 5.79. The zero-order valence-corrected chi connectivity index (χ0v) is 11.6. The lowest BCUT2D eigenvalue weighted by Gasteiger charge is -2.22. The quantitative estimate of drug-likeness (QED) is 0.791. The SMILES string of the molecule is COCCC(NCc1sccc1C)C(C)C. The van der Waals surface area contributed by atoms with E-state index < -0.39 is 0 Å². The molecular weight excluding hydrogens is 218 g/mol. The molecule has 0 aromatic carbocycles. The molecule has 92 valence electrons. The van der Waals surface area contributed by atoms with Crippen LogP contribution < -0.4 is 5.32 Å². The standard InChI is InChI=1S/C13H23NOS/c1-10(2)12(5-7-15-4)14-9-13-11(3)6-8-16-13/h6,8,10,12,14H,5,7,9H2,1-4H3. The van der Waals surface area contributed by atoms with Gasteiger partial charge in [0.1, 0.15) is 0 Å². The third-order valence-corrected chi connectivity index (χ3v) is 3.95. The molecule has 0 aliphatic carbocycles. The average molecular weight is 241 g/mol. The van der Waals surface area contributed by atoms with Gasteiger partial charge in [-0.2, -0.15) is 0 Å². The highest BCUT2D eigenvalue weighted by atomic mass is 32.1. The van der Waals surface area contributed by atoms with Crippen LogP contribution in [-0.2, 0) is 11.3 Å². The van der Waals surface area contributed by atoms with Crippen molar-refractivity contribution < 1.29 is 4.74 Å². The van der Waals surface area contributed by atoms with Crippen molar-refractivity contribution in [1.82, 2.24) is 5.32 Å². The van der Waals surface area contributed by atoms with Crippen LogP contribution in [0.25, 0.3) is 0 Å². The van der Waals surface area contributed by atoms with Crippen molar-refractivity contribution in [2.45, 2.75) is 39.8 Å². The topological polar surface area (TPSA) is 21.3 Å². The highest BCUT2D eigenvalue weighted by Gasteiger charge is 2.12. The molecule has 1 unspecified atom stereocenters. The minimum atomic E-state index is 0.543. The Morgan fingerprint density at radius 2 is 2.19 bits per heavy atom. The normalized spacial score (nSPS) is 13.3.